The molecule has 0 aliphatic rings. The highest BCUT2D eigenvalue weighted by Crippen LogP contribution is 2.31. The zero-order valence-electron chi connectivity index (χ0n) is 11.0. The summed E-state index contributed by atoms with van der Waals surface area (Å²) in [6, 6.07) is 8.79. The summed E-state index contributed by atoms with van der Waals surface area (Å²) < 4.78 is 6.95. The molecule has 0 aliphatic heterocycles. The minimum Gasteiger partial charge on any atom is -0.495 e. The number of hydrazone groups is 1. The molecule has 0 fully saturated rings. The molecule has 21 heavy (non-hydrogen) atoms. The molecule has 2 rings (SSSR count). The van der Waals surface area contributed by atoms with E-state index in [1.54, 1.807) is 31.5 Å². The number of halogens is 2. The van der Waals surface area contributed by atoms with Crippen molar-refractivity contribution in [1.29, 1.82) is 0 Å². The van der Waals surface area contributed by atoms with Crippen LogP contribution in [0, 0.1) is 0 Å². The van der Waals surface area contributed by atoms with Gasteiger partial charge in [0.25, 0.3) is 5.91 Å². The van der Waals surface area contributed by atoms with Crippen molar-refractivity contribution in [3.05, 3.63) is 56.7 Å². The van der Waals surface area contributed by atoms with Crippen molar-refractivity contribution in [2.24, 2.45) is 5.10 Å². The van der Waals surface area contributed by atoms with Gasteiger partial charge in [-0.05, 0) is 40.2 Å². The molecule has 0 bridgehead atoms. The average Bonchev–Trinajstić information content (AvgIpc) is 2.47. The predicted octanol–water partition coefficient (Wildman–Crippen LogP) is 3.38. The van der Waals surface area contributed by atoms with Crippen molar-refractivity contribution in [3.63, 3.8) is 0 Å². The Kier molecular flexibility index (Phi) is 5.46. The minimum absolute atomic E-state index is 0.303. The van der Waals surface area contributed by atoms with Crippen LogP contribution < -0.4 is 10.2 Å². The average molecular weight is 413 g/mol. The summed E-state index contributed by atoms with van der Waals surface area (Å²) in [5.41, 5.74) is 3.44. The monoisotopic (exact) mass is 411 g/mol. The Morgan fingerprint density at radius 3 is 2.86 bits per heavy atom. The van der Waals surface area contributed by atoms with Crippen LogP contribution in [0.5, 0.6) is 5.75 Å². The van der Waals surface area contributed by atoms with Gasteiger partial charge in [-0.2, -0.15) is 5.10 Å². The molecule has 108 valence electrons. The maximum absolute atomic E-state index is 11.8. The topological polar surface area (TPSA) is 63.6 Å². The first kappa shape index (κ1) is 15.7. The Balaban J connectivity index is 2.13. The van der Waals surface area contributed by atoms with Gasteiger partial charge in [-0.15, -0.1) is 0 Å². The maximum atomic E-state index is 11.8. The molecule has 7 heteroatoms. The third kappa shape index (κ3) is 4.12. The fourth-order valence-corrected chi connectivity index (χ4v) is 3.03. The van der Waals surface area contributed by atoms with Crippen molar-refractivity contribution in [3.8, 4) is 5.75 Å². The number of nitrogens with zero attached hydrogens (tertiary/aromatic N) is 2. The number of methoxy groups -OCH3 is 1. The summed E-state index contributed by atoms with van der Waals surface area (Å²) >= 11 is 6.79. The van der Waals surface area contributed by atoms with Crippen LogP contribution in [0.1, 0.15) is 16.1 Å². The van der Waals surface area contributed by atoms with Crippen LogP contribution in [0.3, 0.4) is 0 Å². The lowest BCUT2D eigenvalue weighted by Crippen LogP contribution is -2.18. The summed E-state index contributed by atoms with van der Waals surface area (Å²) in [4.78, 5) is 15.7. The Morgan fingerprint density at radius 1 is 1.38 bits per heavy atom. The quantitative estimate of drug-likeness (QED) is 0.618. The van der Waals surface area contributed by atoms with Gasteiger partial charge in [0.1, 0.15) is 11.4 Å². The van der Waals surface area contributed by atoms with Crippen molar-refractivity contribution in [2.45, 2.75) is 0 Å². The normalized spacial score (nSPS) is 10.6. The highest BCUT2D eigenvalue weighted by molar-refractivity contribution is 9.11. The smallest absolute Gasteiger partial charge is 0.289 e. The molecule has 0 spiro atoms. The lowest BCUT2D eigenvalue weighted by Gasteiger charge is -2.07. The van der Waals surface area contributed by atoms with Gasteiger partial charge in [-0.25, -0.2) is 5.43 Å². The zero-order valence-corrected chi connectivity index (χ0v) is 14.2. The van der Waals surface area contributed by atoms with Crippen molar-refractivity contribution < 1.29 is 9.53 Å². The van der Waals surface area contributed by atoms with Gasteiger partial charge in [-0.3, -0.25) is 9.78 Å². The maximum Gasteiger partial charge on any atom is 0.289 e. The number of amides is 1. The number of carbonyl (C=O) groups is 1. The van der Waals surface area contributed by atoms with Crippen LogP contribution >= 0.6 is 31.9 Å². The summed E-state index contributed by atoms with van der Waals surface area (Å²) in [7, 11) is 1.57. The molecule has 1 aromatic heterocycles. The first-order valence-electron chi connectivity index (χ1n) is 5.89. The lowest BCUT2D eigenvalue weighted by molar-refractivity contribution is 0.0950. The number of aromatic nitrogens is 1. The summed E-state index contributed by atoms with van der Waals surface area (Å²) in [5, 5.41) is 3.92. The van der Waals surface area contributed by atoms with Crippen LogP contribution in [0.15, 0.2) is 50.6 Å². The second-order valence-corrected chi connectivity index (χ2v) is 5.69. The molecule has 5 nitrogen and oxygen atoms in total. The predicted molar refractivity (Wildman–Crippen MR) is 87.7 cm³/mol. The highest BCUT2D eigenvalue weighted by atomic mass is 79.9. The van der Waals surface area contributed by atoms with Gasteiger partial charge in [-0.1, -0.05) is 22.0 Å². The van der Waals surface area contributed by atoms with Gasteiger partial charge < -0.3 is 4.74 Å². The second kappa shape index (κ2) is 7.33. The van der Waals surface area contributed by atoms with Crippen LogP contribution in [-0.4, -0.2) is 24.2 Å². The molecule has 0 atom stereocenters. The molecule has 2 aromatic rings. The van der Waals surface area contributed by atoms with E-state index >= 15 is 0 Å². The molecular formula is C14H11Br2N3O2. The van der Waals surface area contributed by atoms with Crippen LogP contribution in [-0.2, 0) is 0 Å². The molecule has 0 unspecified atom stereocenters. The van der Waals surface area contributed by atoms with Gasteiger partial charge >= 0.3 is 0 Å². The van der Waals surface area contributed by atoms with E-state index in [-0.39, 0.29) is 5.91 Å². The number of hydrogen-bond acceptors (Lipinski definition) is 4. The zero-order chi connectivity index (χ0) is 15.2. The van der Waals surface area contributed by atoms with E-state index in [9.17, 15) is 4.79 Å². The first-order chi connectivity index (χ1) is 10.1. The fourth-order valence-electron chi connectivity index (χ4n) is 1.61. The highest BCUT2D eigenvalue weighted by Gasteiger charge is 2.08. The third-order valence-electron chi connectivity index (χ3n) is 2.51. The lowest BCUT2D eigenvalue weighted by atomic mass is 10.2. The van der Waals surface area contributed by atoms with E-state index in [1.165, 1.54) is 6.21 Å². The number of carbonyl (C=O) groups excluding carboxylic acids is 1. The summed E-state index contributed by atoms with van der Waals surface area (Å²) in [5.74, 6) is 0.258. The summed E-state index contributed by atoms with van der Waals surface area (Å²) in [6.07, 6.45) is 3.06. The van der Waals surface area contributed by atoms with Crippen molar-refractivity contribution >= 4 is 44.0 Å². The number of pyridine rings is 1. The molecule has 0 saturated carbocycles. The molecule has 0 aliphatic carbocycles. The largest absolute Gasteiger partial charge is 0.495 e. The fraction of sp³-hybridized carbons (Fsp3) is 0.0714. The third-order valence-corrected chi connectivity index (χ3v) is 3.56. The standard InChI is InChI=1S/C14H11Br2N3O2/c1-21-13-9(6-10(15)7-11(13)16)8-18-19-14(20)12-4-2-3-5-17-12/h2-8H,1H3,(H,19,20). The van der Waals surface area contributed by atoms with Gasteiger partial charge in [0, 0.05) is 16.2 Å². The summed E-state index contributed by atoms with van der Waals surface area (Å²) in [6.45, 7) is 0. The molecule has 1 amide bonds. The van der Waals surface area contributed by atoms with Gasteiger partial charge in [0.2, 0.25) is 0 Å². The van der Waals surface area contributed by atoms with E-state index in [0.29, 0.717) is 11.4 Å². The van der Waals surface area contributed by atoms with Gasteiger partial charge in [0.15, 0.2) is 0 Å². The minimum atomic E-state index is -0.375. The van der Waals surface area contributed by atoms with Crippen LogP contribution in [0.2, 0.25) is 0 Å². The van der Waals surface area contributed by atoms with E-state index in [2.05, 4.69) is 47.4 Å². The molecule has 0 radical (unpaired) electrons. The number of ether oxygens (including phenoxy) is 1. The Morgan fingerprint density at radius 2 is 2.19 bits per heavy atom. The second-order valence-electron chi connectivity index (χ2n) is 3.92. The molecule has 0 saturated heterocycles. The number of hydrogen-bond donors (Lipinski definition) is 1. The number of benzene rings is 1. The van der Waals surface area contributed by atoms with Crippen molar-refractivity contribution in [1.82, 2.24) is 10.4 Å². The molecule has 1 heterocycles. The van der Waals surface area contributed by atoms with E-state index in [4.69, 9.17) is 4.74 Å². The van der Waals surface area contributed by atoms with E-state index in [0.717, 1.165) is 14.5 Å². The van der Waals surface area contributed by atoms with E-state index < -0.39 is 0 Å². The first-order valence-corrected chi connectivity index (χ1v) is 7.48. The molecule has 1 N–H and O–H groups in total. The van der Waals surface area contributed by atoms with Crippen molar-refractivity contribution in [2.75, 3.05) is 7.11 Å². The number of rotatable bonds is 4. The molecule has 1 aromatic carbocycles. The van der Waals surface area contributed by atoms with Crippen LogP contribution in [0.4, 0.5) is 0 Å². The Bertz CT molecular complexity index is 675. The van der Waals surface area contributed by atoms with Gasteiger partial charge in [0.05, 0.1) is 17.8 Å². The number of nitrogens with one attached hydrogen (secondary N) is 1. The SMILES string of the molecule is COc1c(Br)cc(Br)cc1C=NNC(=O)c1ccccn1. The Labute approximate surface area is 138 Å². The van der Waals surface area contributed by atoms with Crippen LogP contribution in [0.25, 0.3) is 0 Å². The Hall–Kier alpha value is -1.73. The van der Waals surface area contributed by atoms with E-state index in [1.807, 2.05) is 12.1 Å². The molecular weight excluding hydrogens is 402 g/mol.